The Morgan fingerprint density at radius 2 is 1.72 bits per heavy atom. The van der Waals surface area contributed by atoms with Gasteiger partial charge in [0.15, 0.2) is 0 Å². The van der Waals surface area contributed by atoms with Gasteiger partial charge >= 0.3 is 11.1 Å². The van der Waals surface area contributed by atoms with Crippen molar-refractivity contribution in [1.29, 1.82) is 0 Å². The third-order valence-corrected chi connectivity index (χ3v) is 7.18. The highest BCUT2D eigenvalue weighted by atomic mass is 32.2. The van der Waals surface area contributed by atoms with Crippen molar-refractivity contribution in [3.63, 3.8) is 0 Å². The number of fused-ring (bicyclic) bond motifs is 2. The number of halogens is 1. The summed E-state index contributed by atoms with van der Waals surface area (Å²) in [5.41, 5.74) is -0.00984. The number of rotatable bonds is 5. The van der Waals surface area contributed by atoms with E-state index in [1.807, 2.05) is 0 Å². The predicted octanol–water partition coefficient (Wildman–Crippen LogP) is 2.17. The Morgan fingerprint density at radius 1 is 1.00 bits per heavy atom. The average Bonchev–Trinajstić information content (AvgIpc) is 2.76. The molecule has 2 aromatic carbocycles. The molecule has 166 valence electrons. The highest BCUT2D eigenvalue weighted by Crippen LogP contribution is 2.23. The minimum atomic E-state index is -3.78. The molecule has 0 aliphatic carbocycles. The van der Waals surface area contributed by atoms with Crippen molar-refractivity contribution in [2.75, 3.05) is 14.1 Å². The number of benzene rings is 2. The van der Waals surface area contributed by atoms with Crippen LogP contribution in [0.5, 0.6) is 0 Å². The summed E-state index contributed by atoms with van der Waals surface area (Å²) in [6.45, 7) is 1.81. The van der Waals surface area contributed by atoms with Gasteiger partial charge in [-0.05, 0) is 43.3 Å². The lowest BCUT2D eigenvalue weighted by Crippen LogP contribution is -2.41. The first kappa shape index (κ1) is 21.8. The van der Waals surface area contributed by atoms with Crippen LogP contribution in [0.15, 0.2) is 63.1 Å². The number of nitrogens with zero attached hydrogens (tertiary/aromatic N) is 4. The molecule has 32 heavy (non-hydrogen) atoms. The zero-order valence-electron chi connectivity index (χ0n) is 17.7. The van der Waals surface area contributed by atoms with Crippen molar-refractivity contribution in [3.8, 4) is 0 Å². The van der Waals surface area contributed by atoms with Crippen LogP contribution in [0.25, 0.3) is 21.9 Å². The zero-order chi connectivity index (χ0) is 23.2. The number of hydrogen-bond donors (Lipinski definition) is 0. The molecule has 0 amide bonds. The molecule has 0 radical (unpaired) electrons. The van der Waals surface area contributed by atoms with Crippen LogP contribution < -0.4 is 11.1 Å². The molecule has 0 atom stereocenters. The first-order valence-electron chi connectivity index (χ1n) is 9.88. The summed E-state index contributed by atoms with van der Waals surface area (Å²) in [5, 5.41) is 0.553. The van der Waals surface area contributed by atoms with Gasteiger partial charge in [0.05, 0.1) is 28.0 Å². The van der Waals surface area contributed by atoms with Gasteiger partial charge in [-0.15, -0.1) is 0 Å². The fourth-order valence-corrected chi connectivity index (χ4v) is 4.68. The summed E-state index contributed by atoms with van der Waals surface area (Å²) in [6, 6.07) is 10.3. The van der Waals surface area contributed by atoms with E-state index in [-0.39, 0.29) is 23.5 Å². The van der Waals surface area contributed by atoms with E-state index in [0.29, 0.717) is 22.0 Å². The van der Waals surface area contributed by atoms with Gasteiger partial charge in [-0.3, -0.25) is 19.1 Å². The first-order chi connectivity index (χ1) is 15.1. The van der Waals surface area contributed by atoms with E-state index >= 15 is 0 Å². The Hall–Kier alpha value is -3.37. The second-order valence-corrected chi connectivity index (χ2v) is 9.67. The minimum Gasteiger partial charge on any atom is -0.302 e. The third kappa shape index (κ3) is 3.51. The third-order valence-electron chi connectivity index (χ3n) is 5.37. The number of pyridine rings is 1. The molecular weight excluding hydrogens is 435 g/mol. The fraction of sp³-hybridized carbons (Fsp3) is 0.227. The van der Waals surface area contributed by atoms with Crippen LogP contribution in [-0.2, 0) is 23.1 Å². The summed E-state index contributed by atoms with van der Waals surface area (Å²) in [5.74, 6) is -0.504. The van der Waals surface area contributed by atoms with Gasteiger partial charge in [0.25, 0.3) is 0 Å². The molecule has 10 heteroatoms. The summed E-state index contributed by atoms with van der Waals surface area (Å²) >= 11 is 0. The molecule has 4 aromatic rings. The van der Waals surface area contributed by atoms with Crippen LogP contribution in [0.1, 0.15) is 12.5 Å². The Bertz CT molecular complexity index is 1590. The maximum atomic E-state index is 14.3. The van der Waals surface area contributed by atoms with E-state index in [9.17, 15) is 22.4 Å². The first-order valence-corrected chi connectivity index (χ1v) is 11.3. The van der Waals surface area contributed by atoms with Gasteiger partial charge in [-0.25, -0.2) is 17.1 Å². The van der Waals surface area contributed by atoms with Crippen LogP contribution in [0.4, 0.5) is 4.39 Å². The van der Waals surface area contributed by atoms with Crippen LogP contribution in [-0.4, -0.2) is 40.9 Å². The quantitative estimate of drug-likeness (QED) is 0.429. The molecule has 0 bridgehead atoms. The van der Waals surface area contributed by atoms with Gasteiger partial charge in [0, 0.05) is 37.8 Å². The van der Waals surface area contributed by atoms with E-state index in [1.54, 1.807) is 25.3 Å². The van der Waals surface area contributed by atoms with E-state index in [4.69, 9.17) is 0 Å². The molecule has 0 unspecified atom stereocenters. The number of aromatic nitrogens is 3. The Kier molecular flexibility index (Phi) is 5.43. The van der Waals surface area contributed by atoms with Crippen molar-refractivity contribution in [2.24, 2.45) is 0 Å². The van der Waals surface area contributed by atoms with Crippen molar-refractivity contribution >= 4 is 32.0 Å². The topological polar surface area (TPSA) is 94.3 Å². The van der Waals surface area contributed by atoms with Crippen LogP contribution in [0.2, 0.25) is 0 Å². The maximum Gasteiger partial charge on any atom is 0.317 e. The van der Waals surface area contributed by atoms with Crippen LogP contribution in [0.3, 0.4) is 0 Å². The van der Waals surface area contributed by atoms with E-state index in [2.05, 4.69) is 4.98 Å². The molecule has 2 aromatic heterocycles. The highest BCUT2D eigenvalue weighted by Gasteiger charge is 2.21. The van der Waals surface area contributed by atoms with E-state index in [1.165, 1.54) is 53.6 Å². The maximum absolute atomic E-state index is 14.3. The fourth-order valence-electron chi connectivity index (χ4n) is 3.76. The lowest BCUT2D eigenvalue weighted by molar-refractivity contribution is 0.521. The standard InChI is InChI=1S/C22H21FN4O4S/c1-4-26-18-8-7-17(32(30,31)25(2)3)12-19(18)27(22(29)21(26)28)13-15-11-16(23)10-14-6-5-9-24-20(14)15/h5-12H,4,13H2,1-3H3. The van der Waals surface area contributed by atoms with Crippen LogP contribution in [0, 0.1) is 5.82 Å². The summed E-state index contributed by atoms with van der Waals surface area (Å²) in [4.78, 5) is 30.1. The Morgan fingerprint density at radius 3 is 2.41 bits per heavy atom. The molecule has 0 saturated carbocycles. The second kappa shape index (κ2) is 7.95. The van der Waals surface area contributed by atoms with Crippen molar-refractivity contribution in [1.82, 2.24) is 18.4 Å². The van der Waals surface area contributed by atoms with Crippen LogP contribution >= 0.6 is 0 Å². The second-order valence-electron chi connectivity index (χ2n) is 7.52. The van der Waals surface area contributed by atoms with Gasteiger partial charge < -0.3 is 4.57 Å². The Labute approximate surface area is 183 Å². The summed E-state index contributed by atoms with van der Waals surface area (Å²) in [7, 11) is -0.970. The SMILES string of the molecule is CCn1c(=O)c(=O)n(Cc2cc(F)cc3cccnc23)c2cc(S(=O)(=O)N(C)C)ccc21. The summed E-state index contributed by atoms with van der Waals surface area (Å²) in [6.07, 6.45) is 1.56. The smallest absolute Gasteiger partial charge is 0.302 e. The van der Waals surface area contributed by atoms with Gasteiger partial charge in [-0.2, -0.15) is 0 Å². The molecule has 0 spiro atoms. The van der Waals surface area contributed by atoms with Crippen molar-refractivity contribution in [2.45, 2.75) is 24.9 Å². The van der Waals surface area contributed by atoms with Crippen molar-refractivity contribution in [3.05, 3.63) is 80.7 Å². The molecule has 4 rings (SSSR count). The highest BCUT2D eigenvalue weighted by molar-refractivity contribution is 7.89. The number of hydrogen-bond acceptors (Lipinski definition) is 5. The van der Waals surface area contributed by atoms with Gasteiger partial charge in [0.2, 0.25) is 10.0 Å². The largest absolute Gasteiger partial charge is 0.317 e. The minimum absolute atomic E-state index is 0.0216. The predicted molar refractivity (Wildman–Crippen MR) is 120 cm³/mol. The number of sulfonamides is 1. The average molecular weight is 456 g/mol. The lowest BCUT2D eigenvalue weighted by atomic mass is 10.1. The summed E-state index contributed by atoms with van der Waals surface area (Å²) < 4.78 is 43.2. The molecule has 0 aliphatic rings. The molecule has 8 nitrogen and oxygen atoms in total. The monoisotopic (exact) mass is 456 g/mol. The van der Waals surface area contributed by atoms with Gasteiger partial charge in [-0.1, -0.05) is 6.07 Å². The van der Waals surface area contributed by atoms with Crippen molar-refractivity contribution < 1.29 is 12.8 Å². The van der Waals surface area contributed by atoms with E-state index in [0.717, 1.165) is 4.31 Å². The normalized spacial score (nSPS) is 12.2. The zero-order valence-corrected chi connectivity index (χ0v) is 18.6. The molecule has 0 aliphatic heterocycles. The molecule has 0 N–H and O–H groups in total. The molecule has 0 saturated heterocycles. The number of aryl methyl sites for hydroxylation is 1. The van der Waals surface area contributed by atoms with E-state index < -0.39 is 27.0 Å². The molecular formula is C22H21FN4O4S. The Balaban J connectivity index is 2.06. The van der Waals surface area contributed by atoms with Gasteiger partial charge in [0.1, 0.15) is 5.82 Å². The lowest BCUT2D eigenvalue weighted by Gasteiger charge is -2.17. The molecule has 0 fully saturated rings. The molecule has 2 heterocycles.